The second-order valence-corrected chi connectivity index (χ2v) is 8.02. The van der Waals surface area contributed by atoms with Gasteiger partial charge in [-0.15, -0.1) is 0 Å². The molecule has 0 unspecified atom stereocenters. The lowest BCUT2D eigenvalue weighted by molar-refractivity contribution is -0.115. The number of amides is 1. The third-order valence-electron chi connectivity index (χ3n) is 4.65. The van der Waals surface area contributed by atoms with Crippen molar-refractivity contribution in [2.24, 2.45) is 0 Å². The number of hydrogen-bond acceptors (Lipinski definition) is 3. The standard InChI is InChI=1S/C24H18BrF3N2O2.CH4O/c1-13-4-7-20(14(2)8-13)30-21(31)11-15-5-6-19(25)23(22(15)26)32-18-10-16(24(27)28)9-17(12-18)29-3;1-2/h4-10,12,24H,11H2,1-2H3,(H,30,31);2H,1H3. The number of aliphatic hydroxyl groups excluding tert-OH is 1. The van der Waals surface area contributed by atoms with E-state index in [0.29, 0.717) is 5.69 Å². The summed E-state index contributed by atoms with van der Waals surface area (Å²) in [4.78, 5) is 15.6. The molecule has 0 aliphatic rings. The number of hydrogen-bond donors (Lipinski definition) is 2. The smallest absolute Gasteiger partial charge is 0.262 e. The number of carbonyl (C=O) groups is 1. The zero-order valence-corrected chi connectivity index (χ0v) is 20.2. The van der Waals surface area contributed by atoms with Gasteiger partial charge in [0.1, 0.15) is 5.75 Å². The number of nitrogens with zero attached hydrogens (tertiary/aromatic N) is 1. The van der Waals surface area contributed by atoms with Gasteiger partial charge in [-0.3, -0.25) is 4.79 Å². The van der Waals surface area contributed by atoms with Crippen molar-refractivity contribution in [3.05, 3.63) is 92.5 Å². The van der Waals surface area contributed by atoms with Gasteiger partial charge in [-0.2, -0.15) is 0 Å². The van der Waals surface area contributed by atoms with Gasteiger partial charge in [-0.05, 0) is 65.7 Å². The second-order valence-electron chi connectivity index (χ2n) is 7.17. The molecule has 3 aromatic carbocycles. The Morgan fingerprint density at radius 1 is 1.15 bits per heavy atom. The first-order valence-corrected chi connectivity index (χ1v) is 10.7. The fraction of sp³-hybridized carbons (Fsp3) is 0.200. The molecule has 9 heteroatoms. The van der Waals surface area contributed by atoms with Crippen molar-refractivity contribution >= 4 is 33.2 Å². The van der Waals surface area contributed by atoms with Gasteiger partial charge >= 0.3 is 0 Å². The molecule has 5 nitrogen and oxygen atoms in total. The molecule has 0 atom stereocenters. The average Bonchev–Trinajstić information content (AvgIpc) is 2.81. The topological polar surface area (TPSA) is 62.9 Å². The molecule has 3 aromatic rings. The quantitative estimate of drug-likeness (QED) is 0.326. The third-order valence-corrected chi connectivity index (χ3v) is 5.28. The van der Waals surface area contributed by atoms with Gasteiger partial charge in [0.15, 0.2) is 17.3 Å². The van der Waals surface area contributed by atoms with E-state index in [0.717, 1.165) is 30.4 Å². The molecule has 0 saturated carbocycles. The van der Waals surface area contributed by atoms with Crippen molar-refractivity contribution in [2.45, 2.75) is 26.7 Å². The molecule has 0 aliphatic heterocycles. The van der Waals surface area contributed by atoms with E-state index in [1.54, 1.807) is 6.07 Å². The van der Waals surface area contributed by atoms with Gasteiger partial charge in [0.05, 0.1) is 17.5 Å². The number of alkyl halides is 2. The minimum absolute atomic E-state index is 0.0571. The second kappa shape index (κ2) is 12.2. The summed E-state index contributed by atoms with van der Waals surface area (Å²) in [5.41, 5.74) is 2.17. The van der Waals surface area contributed by atoms with E-state index < -0.39 is 23.7 Å². The van der Waals surface area contributed by atoms with E-state index in [2.05, 4.69) is 26.1 Å². The number of rotatable bonds is 6. The van der Waals surface area contributed by atoms with Crippen LogP contribution >= 0.6 is 15.9 Å². The summed E-state index contributed by atoms with van der Waals surface area (Å²) < 4.78 is 47.1. The largest absolute Gasteiger partial charge is 0.454 e. The fourth-order valence-corrected chi connectivity index (χ4v) is 3.48. The maximum absolute atomic E-state index is 15.1. The monoisotopic (exact) mass is 534 g/mol. The lowest BCUT2D eigenvalue weighted by atomic mass is 10.1. The Labute approximate surface area is 204 Å². The zero-order chi connectivity index (χ0) is 25.4. The highest BCUT2D eigenvalue weighted by Gasteiger charge is 2.19. The van der Waals surface area contributed by atoms with Gasteiger partial charge in [0, 0.05) is 23.9 Å². The van der Waals surface area contributed by atoms with Crippen molar-refractivity contribution < 1.29 is 27.8 Å². The van der Waals surface area contributed by atoms with Crippen molar-refractivity contribution in [2.75, 3.05) is 12.4 Å². The fourth-order valence-electron chi connectivity index (χ4n) is 3.10. The summed E-state index contributed by atoms with van der Waals surface area (Å²) in [6.07, 6.45) is -3.07. The molecule has 2 N–H and O–H groups in total. The Morgan fingerprint density at radius 2 is 1.85 bits per heavy atom. The summed E-state index contributed by atoms with van der Waals surface area (Å²) in [5.74, 6) is -1.59. The Bertz CT molecular complexity index is 1230. The molecule has 34 heavy (non-hydrogen) atoms. The summed E-state index contributed by atoms with van der Waals surface area (Å²) in [6.45, 7) is 10.9. The predicted molar refractivity (Wildman–Crippen MR) is 128 cm³/mol. The summed E-state index contributed by atoms with van der Waals surface area (Å²) in [6, 6.07) is 11.8. The SMILES string of the molecule is CO.[C-]#[N+]c1cc(Oc2c(Br)ccc(CC(=O)Nc3ccc(C)cc3C)c2F)cc(C(F)F)c1. The molecule has 0 fully saturated rings. The molecule has 1 amide bonds. The average molecular weight is 535 g/mol. The van der Waals surface area contributed by atoms with Crippen LogP contribution in [-0.2, 0) is 11.2 Å². The van der Waals surface area contributed by atoms with Crippen LogP contribution in [0.4, 0.5) is 24.5 Å². The minimum atomic E-state index is -2.81. The van der Waals surface area contributed by atoms with E-state index in [1.807, 2.05) is 26.0 Å². The summed E-state index contributed by atoms with van der Waals surface area (Å²) in [7, 11) is 1.00. The first-order chi connectivity index (χ1) is 16.2. The van der Waals surface area contributed by atoms with Gasteiger partial charge in [0.2, 0.25) is 5.91 Å². The molecule has 3 rings (SSSR count). The van der Waals surface area contributed by atoms with Crippen LogP contribution in [0.5, 0.6) is 11.5 Å². The molecule has 0 radical (unpaired) electrons. The van der Waals surface area contributed by atoms with E-state index >= 15 is 4.39 Å². The number of benzene rings is 3. The lowest BCUT2D eigenvalue weighted by Crippen LogP contribution is -2.16. The molecule has 0 aromatic heterocycles. The molecule has 0 heterocycles. The normalized spacial score (nSPS) is 10.2. The van der Waals surface area contributed by atoms with E-state index in [9.17, 15) is 13.6 Å². The number of aryl methyl sites for hydroxylation is 2. The first-order valence-electron chi connectivity index (χ1n) is 9.95. The predicted octanol–water partition coefficient (Wildman–Crippen LogP) is 7.28. The summed E-state index contributed by atoms with van der Waals surface area (Å²) >= 11 is 3.18. The lowest BCUT2D eigenvalue weighted by Gasteiger charge is -2.14. The number of nitrogens with one attached hydrogen (secondary N) is 1. The number of aliphatic hydroxyl groups is 1. The summed E-state index contributed by atoms with van der Waals surface area (Å²) in [5, 5.41) is 9.76. The molecular formula is C25H22BrF3N2O3. The highest BCUT2D eigenvalue weighted by Crippen LogP contribution is 2.37. The number of halogens is 4. The molecule has 0 bridgehead atoms. The molecular weight excluding hydrogens is 513 g/mol. The van der Waals surface area contributed by atoms with Crippen LogP contribution in [0.25, 0.3) is 4.85 Å². The van der Waals surface area contributed by atoms with E-state index in [-0.39, 0.29) is 33.6 Å². The Balaban J connectivity index is 0.00000199. The van der Waals surface area contributed by atoms with Crippen molar-refractivity contribution in [1.29, 1.82) is 0 Å². The van der Waals surface area contributed by atoms with Crippen molar-refractivity contribution in [3.8, 4) is 11.5 Å². The number of carbonyl (C=O) groups excluding carboxylic acids is 1. The highest BCUT2D eigenvalue weighted by molar-refractivity contribution is 9.10. The van der Waals surface area contributed by atoms with E-state index in [1.165, 1.54) is 18.2 Å². The van der Waals surface area contributed by atoms with E-state index in [4.69, 9.17) is 16.4 Å². The van der Waals surface area contributed by atoms with Crippen LogP contribution in [0.2, 0.25) is 0 Å². The van der Waals surface area contributed by atoms with Crippen molar-refractivity contribution in [3.63, 3.8) is 0 Å². The van der Waals surface area contributed by atoms with Crippen molar-refractivity contribution in [1.82, 2.24) is 0 Å². The molecule has 178 valence electrons. The van der Waals surface area contributed by atoms with Gasteiger partial charge in [-0.25, -0.2) is 18.0 Å². The van der Waals surface area contributed by atoms with Crippen LogP contribution in [0.3, 0.4) is 0 Å². The van der Waals surface area contributed by atoms with Crippen LogP contribution in [0.1, 0.15) is 28.7 Å². The molecule has 0 aliphatic carbocycles. The van der Waals surface area contributed by atoms with Crippen LogP contribution in [-0.4, -0.2) is 18.1 Å². The zero-order valence-electron chi connectivity index (χ0n) is 18.6. The number of anilines is 1. The van der Waals surface area contributed by atoms with Crippen LogP contribution in [0.15, 0.2) is 53.0 Å². The molecule has 0 spiro atoms. The Hall–Kier alpha value is -3.35. The third kappa shape index (κ3) is 6.83. The number of ether oxygens (including phenoxy) is 1. The van der Waals surface area contributed by atoms with Crippen LogP contribution < -0.4 is 10.1 Å². The van der Waals surface area contributed by atoms with Crippen LogP contribution in [0, 0.1) is 26.2 Å². The van der Waals surface area contributed by atoms with Gasteiger partial charge < -0.3 is 15.2 Å². The maximum Gasteiger partial charge on any atom is 0.262 e. The Morgan fingerprint density at radius 3 is 2.47 bits per heavy atom. The maximum atomic E-state index is 15.1. The van der Waals surface area contributed by atoms with Gasteiger partial charge in [0.25, 0.3) is 6.43 Å². The first kappa shape index (κ1) is 26.9. The highest BCUT2D eigenvalue weighted by atomic mass is 79.9. The molecule has 0 saturated heterocycles. The Kier molecular flexibility index (Phi) is 9.66. The van der Waals surface area contributed by atoms with Gasteiger partial charge in [-0.1, -0.05) is 23.8 Å². The minimum Gasteiger partial charge on any atom is -0.454 e.